The van der Waals surface area contributed by atoms with Crippen molar-refractivity contribution < 1.29 is 21.6 Å². The summed E-state index contributed by atoms with van der Waals surface area (Å²) >= 11 is 0. The predicted octanol–water partition coefficient (Wildman–Crippen LogP) is 5.63. The SMILES string of the molecule is CN(C)[C@H](CCCC[C]1[CH][CH][CH][CH]1)[C]1[CH][CH][CH][C]1P(=O)(c1ccccc1)c1ccccc1.[Fe+2]. The minimum absolute atomic E-state index is 0. The quantitative estimate of drug-likeness (QED) is 0.241. The van der Waals surface area contributed by atoms with Crippen molar-refractivity contribution >= 4 is 17.8 Å². The Balaban J connectivity index is 0.00000306. The molecule has 0 heterocycles. The van der Waals surface area contributed by atoms with Crippen LogP contribution in [0.2, 0.25) is 0 Å². The molecule has 0 bridgehead atoms. The van der Waals surface area contributed by atoms with E-state index in [1.165, 1.54) is 18.3 Å². The molecule has 0 spiro atoms. The molecule has 2 aliphatic carbocycles. The molecule has 2 saturated carbocycles. The minimum Gasteiger partial charge on any atom is -0.313 e. The third kappa shape index (κ3) is 6.24. The van der Waals surface area contributed by atoms with Crippen molar-refractivity contribution in [3.63, 3.8) is 0 Å². The summed E-state index contributed by atoms with van der Waals surface area (Å²) < 4.78 is 14.9. The summed E-state index contributed by atoms with van der Waals surface area (Å²) in [4.78, 5) is 2.28. The summed E-state index contributed by atoms with van der Waals surface area (Å²) in [5.41, 5.74) is 0.977. The average Bonchev–Trinajstić information content (AvgIpc) is 3.52. The molecule has 170 valence electrons. The molecule has 0 N–H and O–H groups in total. The normalized spacial score (nSPS) is 19.1. The van der Waals surface area contributed by atoms with E-state index in [1.807, 2.05) is 60.7 Å². The molecular formula is C29H32FeNOP+2. The van der Waals surface area contributed by atoms with Crippen molar-refractivity contribution in [2.24, 2.45) is 0 Å². The van der Waals surface area contributed by atoms with E-state index >= 15 is 0 Å². The molecule has 2 aliphatic rings. The van der Waals surface area contributed by atoms with Gasteiger partial charge in [-0.3, -0.25) is 0 Å². The number of benzene rings is 2. The molecule has 1 atom stereocenters. The summed E-state index contributed by atoms with van der Waals surface area (Å²) in [6, 6.07) is 20.2. The molecule has 0 saturated heterocycles. The Morgan fingerprint density at radius 2 is 1.33 bits per heavy atom. The van der Waals surface area contributed by atoms with Gasteiger partial charge in [0.2, 0.25) is 0 Å². The van der Waals surface area contributed by atoms with Gasteiger partial charge in [0.1, 0.15) is 0 Å². The Morgan fingerprint density at radius 1 is 0.758 bits per heavy atom. The zero-order chi connectivity index (χ0) is 22.4. The van der Waals surface area contributed by atoms with Crippen LogP contribution in [0, 0.1) is 62.4 Å². The molecule has 10 radical (unpaired) electrons. The fraction of sp³-hybridized carbons (Fsp3) is 0.241. The van der Waals surface area contributed by atoms with E-state index in [4.69, 9.17) is 0 Å². The fourth-order valence-electron chi connectivity index (χ4n) is 4.64. The first-order valence-electron chi connectivity index (χ1n) is 11.4. The smallest absolute Gasteiger partial charge is 0.313 e. The van der Waals surface area contributed by atoms with Gasteiger partial charge in [-0.25, -0.2) is 0 Å². The molecule has 0 unspecified atom stereocenters. The zero-order valence-electron chi connectivity index (χ0n) is 19.4. The molecule has 4 rings (SSSR count). The molecule has 2 nitrogen and oxygen atoms in total. The Morgan fingerprint density at radius 3 is 1.88 bits per heavy atom. The third-order valence-electron chi connectivity index (χ3n) is 6.31. The van der Waals surface area contributed by atoms with Crippen LogP contribution in [-0.2, 0) is 21.6 Å². The van der Waals surface area contributed by atoms with Crippen LogP contribution >= 0.6 is 7.14 Å². The first-order valence-corrected chi connectivity index (χ1v) is 13.2. The molecule has 2 aromatic rings. The van der Waals surface area contributed by atoms with Crippen LogP contribution < -0.4 is 10.6 Å². The largest absolute Gasteiger partial charge is 2.00 e. The van der Waals surface area contributed by atoms with Crippen LogP contribution in [0.4, 0.5) is 0 Å². The first kappa shape index (κ1) is 26.7. The van der Waals surface area contributed by atoms with E-state index in [0.29, 0.717) is 0 Å². The van der Waals surface area contributed by atoms with Gasteiger partial charge in [-0.2, -0.15) is 0 Å². The van der Waals surface area contributed by atoms with Crippen LogP contribution in [0.25, 0.3) is 0 Å². The number of unbranched alkanes of at least 4 members (excludes halogenated alkanes) is 1. The second-order valence-corrected chi connectivity index (χ2v) is 11.4. The molecule has 0 aliphatic heterocycles. The molecular weight excluding hydrogens is 465 g/mol. The number of rotatable bonds is 10. The second kappa shape index (κ2) is 12.7. The van der Waals surface area contributed by atoms with E-state index in [-0.39, 0.29) is 23.1 Å². The number of hydrogen-bond donors (Lipinski definition) is 0. The zero-order valence-corrected chi connectivity index (χ0v) is 21.4. The molecule has 2 fully saturated rings. The van der Waals surface area contributed by atoms with Gasteiger partial charge in [-0.05, 0) is 77.8 Å². The van der Waals surface area contributed by atoms with Gasteiger partial charge in [-0.1, -0.05) is 73.5 Å². The summed E-state index contributed by atoms with van der Waals surface area (Å²) in [5, 5.41) is 1.79. The molecule has 0 aromatic heterocycles. The van der Waals surface area contributed by atoms with Gasteiger partial charge >= 0.3 is 17.1 Å². The monoisotopic (exact) mass is 497 g/mol. The topological polar surface area (TPSA) is 20.3 Å². The van der Waals surface area contributed by atoms with Gasteiger partial charge in [0.15, 0.2) is 7.14 Å². The average molecular weight is 497 g/mol. The summed E-state index contributed by atoms with van der Waals surface area (Å²) in [5.74, 6) is 2.61. The van der Waals surface area contributed by atoms with E-state index in [1.54, 1.807) is 0 Å². The van der Waals surface area contributed by atoms with Crippen molar-refractivity contribution in [1.29, 1.82) is 0 Å². The first-order chi connectivity index (χ1) is 15.6. The van der Waals surface area contributed by atoms with E-state index in [9.17, 15) is 4.57 Å². The standard InChI is InChI=1S/C29H32NOP.Fe/c1-30(2)28(22-12-11-16-24-14-9-10-15-24)27-21-13-23-29(27)32(31,25-17-5-3-6-18-25)26-19-7-4-8-20-26;/h3-10,13-15,17-21,23,28H,11-12,16,22H2,1-2H3;/q;+2/t28-;/m1./s1. The van der Waals surface area contributed by atoms with Crippen LogP contribution in [0.3, 0.4) is 0 Å². The molecule has 33 heavy (non-hydrogen) atoms. The summed E-state index contributed by atoms with van der Waals surface area (Å²) in [6.07, 6.45) is 19.4. The maximum Gasteiger partial charge on any atom is 2.00 e. The van der Waals surface area contributed by atoms with E-state index in [0.717, 1.165) is 35.5 Å². The van der Waals surface area contributed by atoms with E-state index in [2.05, 4.69) is 63.9 Å². The van der Waals surface area contributed by atoms with Gasteiger partial charge in [0, 0.05) is 22.6 Å². The molecule has 4 heteroatoms. The van der Waals surface area contributed by atoms with Crippen LogP contribution in [0.1, 0.15) is 25.7 Å². The van der Waals surface area contributed by atoms with Crippen molar-refractivity contribution in [3.8, 4) is 0 Å². The predicted molar refractivity (Wildman–Crippen MR) is 136 cm³/mol. The van der Waals surface area contributed by atoms with Crippen LogP contribution in [-0.4, -0.2) is 25.0 Å². The van der Waals surface area contributed by atoms with Gasteiger partial charge in [0.05, 0.1) is 5.66 Å². The van der Waals surface area contributed by atoms with Crippen molar-refractivity contribution in [1.82, 2.24) is 4.90 Å². The van der Waals surface area contributed by atoms with Gasteiger partial charge in [-0.15, -0.1) is 0 Å². The maximum atomic E-state index is 14.9. The fourth-order valence-corrected chi connectivity index (χ4v) is 7.56. The Bertz CT molecular complexity index is 822. The van der Waals surface area contributed by atoms with Crippen molar-refractivity contribution in [2.75, 3.05) is 14.1 Å². The van der Waals surface area contributed by atoms with Crippen molar-refractivity contribution in [2.45, 2.75) is 31.7 Å². The van der Waals surface area contributed by atoms with Crippen LogP contribution in [0.15, 0.2) is 60.7 Å². The molecule has 2 aromatic carbocycles. The molecule has 0 amide bonds. The summed E-state index contributed by atoms with van der Waals surface area (Å²) in [7, 11) is 1.30. The minimum atomic E-state index is -2.97. The number of nitrogens with zero attached hydrogens (tertiary/aromatic N) is 1. The number of hydrogen-bond acceptors (Lipinski definition) is 2. The Hall–Kier alpha value is -0.851. The van der Waals surface area contributed by atoms with Crippen LogP contribution in [0.5, 0.6) is 0 Å². The Labute approximate surface area is 212 Å². The summed E-state index contributed by atoms with van der Waals surface area (Å²) in [6.45, 7) is 0. The maximum absolute atomic E-state index is 14.9. The Kier molecular flexibility index (Phi) is 10.3. The van der Waals surface area contributed by atoms with Gasteiger partial charge < -0.3 is 9.46 Å². The van der Waals surface area contributed by atoms with E-state index < -0.39 is 7.14 Å². The second-order valence-electron chi connectivity index (χ2n) is 8.67. The third-order valence-corrected chi connectivity index (χ3v) is 9.45. The van der Waals surface area contributed by atoms with Crippen molar-refractivity contribution in [3.05, 3.63) is 123 Å². The van der Waals surface area contributed by atoms with Gasteiger partial charge in [0.25, 0.3) is 0 Å².